The van der Waals surface area contributed by atoms with E-state index in [1.165, 1.54) is 15.4 Å². The van der Waals surface area contributed by atoms with Crippen LogP contribution in [-0.4, -0.2) is 24.2 Å². The second-order valence-electron chi connectivity index (χ2n) is 7.04. The minimum absolute atomic E-state index is 0.461. The number of hydrogen-bond donors (Lipinski definition) is 2. The first-order chi connectivity index (χ1) is 13.0. The molecule has 0 spiro atoms. The Labute approximate surface area is 162 Å². The Balaban J connectivity index is 1.54. The lowest BCUT2D eigenvalue weighted by atomic mass is 9.97. The molecule has 2 aromatic carbocycles. The zero-order chi connectivity index (χ0) is 19.0. The van der Waals surface area contributed by atoms with Crippen molar-refractivity contribution < 1.29 is 9.90 Å². The van der Waals surface area contributed by atoms with Gasteiger partial charge in [0.1, 0.15) is 0 Å². The molecule has 3 aromatic rings. The van der Waals surface area contributed by atoms with Crippen LogP contribution in [-0.2, 0) is 17.8 Å². The molecule has 0 saturated heterocycles. The Bertz CT molecular complexity index is 967. The zero-order valence-corrected chi connectivity index (χ0v) is 15.9. The molecule has 27 heavy (non-hydrogen) atoms. The van der Waals surface area contributed by atoms with Crippen LogP contribution in [0.3, 0.4) is 0 Å². The summed E-state index contributed by atoms with van der Waals surface area (Å²) in [6.45, 7) is 0.726. The van der Waals surface area contributed by atoms with E-state index in [9.17, 15) is 9.90 Å². The number of rotatable bonds is 5. The molecule has 0 bridgehead atoms. The largest absolute Gasteiger partial charge is 0.392 e. The number of fused-ring (bicyclic) bond motifs is 1. The Hall–Kier alpha value is -2.63. The van der Waals surface area contributed by atoms with Crippen LogP contribution in [0, 0.1) is 0 Å². The predicted molar refractivity (Wildman–Crippen MR) is 110 cm³/mol. The average molecular weight is 378 g/mol. The first-order valence-corrected chi connectivity index (χ1v) is 9.80. The van der Waals surface area contributed by atoms with Crippen molar-refractivity contribution in [3.63, 3.8) is 0 Å². The molecular formula is C22H22N2O2S. The molecule has 138 valence electrons. The van der Waals surface area contributed by atoms with Crippen LogP contribution >= 0.6 is 11.3 Å². The van der Waals surface area contributed by atoms with E-state index >= 15 is 0 Å². The van der Waals surface area contributed by atoms with Gasteiger partial charge in [-0.15, -0.1) is 11.3 Å². The number of nitrogens with zero attached hydrogens (tertiary/aromatic N) is 1. The summed E-state index contributed by atoms with van der Waals surface area (Å²) in [5, 5.41) is 11.3. The number of carbonyl (C=O) groups is 1. The summed E-state index contributed by atoms with van der Waals surface area (Å²) in [7, 11) is 2.06. The van der Waals surface area contributed by atoms with Crippen LogP contribution in [0.5, 0.6) is 0 Å². The van der Waals surface area contributed by atoms with Crippen LogP contribution < -0.4 is 10.6 Å². The normalized spacial score (nSPS) is 18.3. The van der Waals surface area contributed by atoms with Crippen molar-refractivity contribution in [1.29, 1.82) is 0 Å². The summed E-state index contributed by atoms with van der Waals surface area (Å²) < 4.78 is 0. The number of primary amides is 1. The number of aliphatic hydroxyl groups is 1. The second kappa shape index (κ2) is 7.18. The standard InChI is InChI=1S/C22H22N2O2S/c1-24(20-10-9-19(27-20)15-5-3-2-4-6-15)13-14-7-8-16-12-18(25)21(22(23)26)17(16)11-14/h2-11,18,21,25H,12-13H2,1H3,(H2,23,26)/t18-,21-/m1/s1. The summed E-state index contributed by atoms with van der Waals surface area (Å²) >= 11 is 1.76. The van der Waals surface area contributed by atoms with Gasteiger partial charge in [-0.1, -0.05) is 48.5 Å². The monoisotopic (exact) mass is 378 g/mol. The van der Waals surface area contributed by atoms with E-state index in [0.29, 0.717) is 6.42 Å². The molecule has 4 nitrogen and oxygen atoms in total. The summed E-state index contributed by atoms with van der Waals surface area (Å²) in [5.74, 6) is -1.06. The number of nitrogens with two attached hydrogens (primary N) is 1. The van der Waals surface area contributed by atoms with E-state index in [-0.39, 0.29) is 0 Å². The lowest BCUT2D eigenvalue weighted by Gasteiger charge is -2.18. The molecule has 1 aromatic heterocycles. The van der Waals surface area contributed by atoms with Crippen molar-refractivity contribution in [3.8, 4) is 10.4 Å². The Morgan fingerprint density at radius 3 is 2.70 bits per heavy atom. The van der Waals surface area contributed by atoms with Crippen molar-refractivity contribution in [1.82, 2.24) is 0 Å². The fraction of sp³-hybridized carbons (Fsp3) is 0.227. The van der Waals surface area contributed by atoms with E-state index in [1.54, 1.807) is 11.3 Å². The Morgan fingerprint density at radius 1 is 1.19 bits per heavy atom. The van der Waals surface area contributed by atoms with Crippen molar-refractivity contribution in [2.45, 2.75) is 25.0 Å². The molecule has 0 radical (unpaired) electrons. The van der Waals surface area contributed by atoms with Crippen molar-refractivity contribution in [2.24, 2.45) is 5.73 Å². The molecule has 1 aliphatic carbocycles. The number of carbonyl (C=O) groups excluding carboxylic acids is 1. The minimum Gasteiger partial charge on any atom is -0.392 e. The Morgan fingerprint density at radius 2 is 1.96 bits per heavy atom. The van der Waals surface area contributed by atoms with Crippen LogP contribution in [0.1, 0.15) is 22.6 Å². The van der Waals surface area contributed by atoms with Gasteiger partial charge in [-0.3, -0.25) is 4.79 Å². The third-order valence-corrected chi connectivity index (χ3v) is 6.36. The summed E-state index contributed by atoms with van der Waals surface area (Å²) in [5.41, 5.74) is 9.71. The zero-order valence-electron chi connectivity index (χ0n) is 15.1. The highest BCUT2D eigenvalue weighted by molar-refractivity contribution is 7.19. The van der Waals surface area contributed by atoms with Crippen molar-refractivity contribution in [2.75, 3.05) is 11.9 Å². The van der Waals surface area contributed by atoms with Gasteiger partial charge in [-0.25, -0.2) is 0 Å². The molecule has 0 unspecified atom stereocenters. The van der Waals surface area contributed by atoms with Crippen LogP contribution in [0.15, 0.2) is 60.7 Å². The van der Waals surface area contributed by atoms with Crippen LogP contribution in [0.2, 0.25) is 0 Å². The fourth-order valence-corrected chi connectivity index (χ4v) is 4.73. The highest BCUT2D eigenvalue weighted by Gasteiger charge is 2.35. The summed E-state index contributed by atoms with van der Waals surface area (Å²) in [6, 6.07) is 20.7. The topological polar surface area (TPSA) is 66.6 Å². The van der Waals surface area contributed by atoms with E-state index in [0.717, 1.165) is 23.2 Å². The molecule has 1 aliphatic rings. The molecule has 5 heteroatoms. The quantitative estimate of drug-likeness (QED) is 0.714. The SMILES string of the molecule is CN(Cc1ccc2c(c1)[C@@H](C(N)=O)[C@H](O)C2)c1ccc(-c2ccccc2)s1. The van der Waals surface area contributed by atoms with Gasteiger partial charge >= 0.3 is 0 Å². The summed E-state index contributed by atoms with van der Waals surface area (Å²) in [6.07, 6.45) is -0.221. The molecular weight excluding hydrogens is 356 g/mol. The lowest BCUT2D eigenvalue weighted by molar-refractivity contribution is -0.121. The van der Waals surface area contributed by atoms with Gasteiger partial charge in [-0.2, -0.15) is 0 Å². The maximum Gasteiger partial charge on any atom is 0.227 e. The third-order valence-electron chi connectivity index (χ3n) is 5.11. The highest BCUT2D eigenvalue weighted by atomic mass is 32.1. The van der Waals surface area contributed by atoms with Crippen molar-refractivity contribution in [3.05, 3.63) is 77.4 Å². The summed E-state index contributed by atoms with van der Waals surface area (Å²) in [4.78, 5) is 15.2. The molecule has 0 aliphatic heterocycles. The molecule has 0 saturated carbocycles. The number of aliphatic hydroxyl groups excluding tert-OH is 1. The van der Waals surface area contributed by atoms with Gasteiger partial charge in [0.05, 0.1) is 17.0 Å². The van der Waals surface area contributed by atoms with E-state index in [2.05, 4.69) is 42.3 Å². The average Bonchev–Trinajstić information content (AvgIpc) is 3.26. The maximum absolute atomic E-state index is 11.7. The van der Waals surface area contributed by atoms with Crippen molar-refractivity contribution >= 4 is 22.2 Å². The smallest absolute Gasteiger partial charge is 0.227 e. The van der Waals surface area contributed by atoms with Crippen LogP contribution in [0.4, 0.5) is 5.00 Å². The first kappa shape index (κ1) is 17.8. The molecule has 4 rings (SSSR count). The number of thiophene rings is 1. The molecule has 1 amide bonds. The van der Waals surface area contributed by atoms with E-state index in [1.807, 2.05) is 30.3 Å². The predicted octanol–water partition coefficient (Wildman–Crippen LogP) is 3.54. The molecule has 2 atom stereocenters. The number of anilines is 1. The van der Waals surface area contributed by atoms with E-state index < -0.39 is 17.9 Å². The molecule has 1 heterocycles. The molecule has 3 N–H and O–H groups in total. The maximum atomic E-state index is 11.7. The minimum atomic E-state index is -0.712. The number of hydrogen-bond acceptors (Lipinski definition) is 4. The molecule has 0 fully saturated rings. The van der Waals surface area contributed by atoms with E-state index in [4.69, 9.17) is 5.73 Å². The van der Waals surface area contributed by atoms with Gasteiger partial charge in [0, 0.05) is 18.5 Å². The second-order valence-corrected chi connectivity index (χ2v) is 8.11. The number of amides is 1. The Kier molecular flexibility index (Phi) is 4.72. The van der Waals surface area contributed by atoms with Gasteiger partial charge in [0.25, 0.3) is 0 Å². The van der Waals surface area contributed by atoms with Crippen LogP contribution in [0.25, 0.3) is 10.4 Å². The number of benzene rings is 2. The van der Waals surface area contributed by atoms with Gasteiger partial charge < -0.3 is 15.7 Å². The van der Waals surface area contributed by atoms with Gasteiger partial charge in [-0.05, 0) is 40.8 Å². The van der Waals surface area contributed by atoms with Gasteiger partial charge in [0.2, 0.25) is 5.91 Å². The first-order valence-electron chi connectivity index (χ1n) is 8.98. The fourth-order valence-electron chi connectivity index (χ4n) is 3.75. The third kappa shape index (κ3) is 3.48. The lowest BCUT2D eigenvalue weighted by Crippen LogP contribution is -2.28. The highest BCUT2D eigenvalue weighted by Crippen LogP contribution is 2.36. The van der Waals surface area contributed by atoms with Gasteiger partial charge in [0.15, 0.2) is 0 Å².